The maximum Gasteiger partial charge on any atom is 0.310 e. The average molecular weight is 301 g/mol. The van der Waals surface area contributed by atoms with Gasteiger partial charge in [0.05, 0.1) is 18.2 Å². The van der Waals surface area contributed by atoms with Gasteiger partial charge in [-0.25, -0.2) is 0 Å². The molecule has 1 atom stereocenters. The number of tetrazole rings is 1. The molecule has 0 saturated carbocycles. The molecule has 1 aliphatic rings. The highest BCUT2D eigenvalue weighted by Crippen LogP contribution is 2.23. The number of piperidine rings is 1. The Morgan fingerprint density at radius 1 is 1.36 bits per heavy atom. The first-order valence-electron chi connectivity index (χ1n) is 7.55. The summed E-state index contributed by atoms with van der Waals surface area (Å²) in [6.07, 6.45) is 1.77. The van der Waals surface area contributed by atoms with Crippen LogP contribution < -0.4 is 4.90 Å². The Bertz CT molecular complexity index is 628. The number of hydrogen-bond acceptors (Lipinski definition) is 6. The largest absolute Gasteiger partial charge is 0.466 e. The van der Waals surface area contributed by atoms with Gasteiger partial charge in [0, 0.05) is 13.1 Å². The molecule has 1 saturated heterocycles. The number of anilines is 1. The Labute approximate surface area is 128 Å². The van der Waals surface area contributed by atoms with Crippen LogP contribution in [0.15, 0.2) is 30.3 Å². The molecule has 0 unspecified atom stereocenters. The molecule has 0 aliphatic carbocycles. The lowest BCUT2D eigenvalue weighted by Gasteiger charge is -2.31. The highest BCUT2D eigenvalue weighted by Gasteiger charge is 2.29. The van der Waals surface area contributed by atoms with Crippen molar-refractivity contribution in [3.63, 3.8) is 0 Å². The van der Waals surface area contributed by atoms with Gasteiger partial charge in [0.15, 0.2) is 0 Å². The molecule has 1 aromatic heterocycles. The smallest absolute Gasteiger partial charge is 0.310 e. The molecule has 22 heavy (non-hydrogen) atoms. The second-order valence-electron chi connectivity index (χ2n) is 5.26. The van der Waals surface area contributed by atoms with Gasteiger partial charge in [-0.2, -0.15) is 4.68 Å². The summed E-state index contributed by atoms with van der Waals surface area (Å²) in [5, 5.41) is 12.0. The van der Waals surface area contributed by atoms with E-state index in [0.29, 0.717) is 19.1 Å². The normalized spacial score (nSPS) is 18.2. The van der Waals surface area contributed by atoms with Gasteiger partial charge < -0.3 is 9.64 Å². The number of aromatic nitrogens is 4. The molecule has 116 valence electrons. The molecule has 7 heteroatoms. The summed E-state index contributed by atoms with van der Waals surface area (Å²) in [5.74, 6) is 0.417. The van der Waals surface area contributed by atoms with E-state index in [-0.39, 0.29) is 11.9 Å². The Balaban J connectivity index is 1.80. The van der Waals surface area contributed by atoms with Crippen LogP contribution in [0.2, 0.25) is 0 Å². The van der Waals surface area contributed by atoms with E-state index >= 15 is 0 Å². The van der Waals surface area contributed by atoms with Crippen molar-refractivity contribution in [1.82, 2.24) is 20.2 Å². The van der Waals surface area contributed by atoms with Crippen molar-refractivity contribution in [3.8, 4) is 5.69 Å². The molecule has 1 aliphatic heterocycles. The molecular formula is C15H19N5O2. The minimum atomic E-state index is -0.133. The summed E-state index contributed by atoms with van der Waals surface area (Å²) in [4.78, 5) is 14.0. The minimum Gasteiger partial charge on any atom is -0.466 e. The summed E-state index contributed by atoms with van der Waals surface area (Å²) in [7, 11) is 0. The molecule has 0 radical (unpaired) electrons. The number of carbonyl (C=O) groups excluding carboxylic acids is 1. The van der Waals surface area contributed by atoms with E-state index in [9.17, 15) is 4.79 Å². The summed E-state index contributed by atoms with van der Waals surface area (Å²) in [5.41, 5.74) is 0.903. The first kappa shape index (κ1) is 14.5. The summed E-state index contributed by atoms with van der Waals surface area (Å²) >= 11 is 0. The lowest BCUT2D eigenvalue weighted by atomic mass is 9.98. The second kappa shape index (κ2) is 6.55. The van der Waals surface area contributed by atoms with Crippen molar-refractivity contribution in [2.24, 2.45) is 5.92 Å². The topological polar surface area (TPSA) is 73.1 Å². The predicted octanol–water partition coefficient (Wildman–Crippen LogP) is 1.44. The fraction of sp³-hybridized carbons (Fsp3) is 0.467. The van der Waals surface area contributed by atoms with E-state index in [0.717, 1.165) is 25.1 Å². The lowest BCUT2D eigenvalue weighted by Crippen LogP contribution is -2.40. The molecule has 7 nitrogen and oxygen atoms in total. The second-order valence-corrected chi connectivity index (χ2v) is 5.26. The van der Waals surface area contributed by atoms with Crippen LogP contribution in [-0.4, -0.2) is 45.9 Å². The van der Waals surface area contributed by atoms with Gasteiger partial charge in [-0.15, -0.1) is 0 Å². The van der Waals surface area contributed by atoms with Gasteiger partial charge in [-0.1, -0.05) is 23.3 Å². The Morgan fingerprint density at radius 2 is 2.18 bits per heavy atom. The van der Waals surface area contributed by atoms with Gasteiger partial charge in [0.2, 0.25) is 5.95 Å². The number of benzene rings is 1. The molecule has 0 bridgehead atoms. The Kier molecular flexibility index (Phi) is 4.32. The van der Waals surface area contributed by atoms with Crippen LogP contribution in [0.1, 0.15) is 19.8 Å². The molecule has 0 spiro atoms. The molecule has 2 aromatic rings. The SMILES string of the molecule is CCOC(=O)[C@H]1CCCN(c2nnnn2-c2ccccc2)C1. The minimum absolute atomic E-state index is 0.116. The number of carbonyl (C=O) groups is 1. The van der Waals surface area contributed by atoms with Gasteiger partial charge in [0.1, 0.15) is 0 Å². The highest BCUT2D eigenvalue weighted by atomic mass is 16.5. The van der Waals surface area contributed by atoms with E-state index in [1.54, 1.807) is 4.68 Å². The van der Waals surface area contributed by atoms with Crippen molar-refractivity contribution >= 4 is 11.9 Å². The summed E-state index contributed by atoms with van der Waals surface area (Å²) in [6.45, 7) is 3.67. The van der Waals surface area contributed by atoms with E-state index in [2.05, 4.69) is 20.4 Å². The molecule has 1 aromatic carbocycles. The fourth-order valence-electron chi connectivity index (χ4n) is 2.73. The van der Waals surface area contributed by atoms with E-state index in [1.807, 2.05) is 37.3 Å². The standard InChI is InChI=1S/C15H19N5O2/c1-2-22-14(21)12-7-6-10-19(11-12)15-16-17-18-20(15)13-8-4-3-5-9-13/h3-5,8-9,12H,2,6-7,10-11H2,1H3/t12-/m0/s1. The number of ether oxygens (including phenoxy) is 1. The number of nitrogens with zero attached hydrogens (tertiary/aromatic N) is 5. The first-order chi connectivity index (χ1) is 10.8. The monoisotopic (exact) mass is 301 g/mol. The zero-order chi connectivity index (χ0) is 15.4. The van der Waals surface area contributed by atoms with Crippen molar-refractivity contribution in [2.75, 3.05) is 24.6 Å². The zero-order valence-corrected chi connectivity index (χ0v) is 12.6. The van der Waals surface area contributed by atoms with Crippen LogP contribution >= 0.6 is 0 Å². The Hall–Kier alpha value is -2.44. The van der Waals surface area contributed by atoms with Crippen LogP contribution in [0.4, 0.5) is 5.95 Å². The average Bonchev–Trinajstić information content (AvgIpc) is 3.06. The van der Waals surface area contributed by atoms with Crippen LogP contribution in [0, 0.1) is 5.92 Å². The van der Waals surface area contributed by atoms with Crippen molar-refractivity contribution in [1.29, 1.82) is 0 Å². The van der Waals surface area contributed by atoms with Gasteiger partial charge in [-0.3, -0.25) is 4.79 Å². The summed E-state index contributed by atoms with van der Waals surface area (Å²) < 4.78 is 6.84. The fourth-order valence-corrected chi connectivity index (χ4v) is 2.73. The molecule has 3 rings (SSSR count). The van der Waals surface area contributed by atoms with E-state index in [1.165, 1.54) is 0 Å². The lowest BCUT2D eigenvalue weighted by molar-refractivity contribution is -0.148. The van der Waals surface area contributed by atoms with Crippen LogP contribution in [0.3, 0.4) is 0 Å². The van der Waals surface area contributed by atoms with Gasteiger partial charge in [-0.05, 0) is 42.3 Å². The van der Waals surface area contributed by atoms with E-state index in [4.69, 9.17) is 4.74 Å². The molecule has 0 N–H and O–H groups in total. The van der Waals surface area contributed by atoms with E-state index < -0.39 is 0 Å². The van der Waals surface area contributed by atoms with Gasteiger partial charge in [0.25, 0.3) is 0 Å². The number of hydrogen-bond donors (Lipinski definition) is 0. The third-order valence-electron chi connectivity index (χ3n) is 3.78. The third kappa shape index (κ3) is 2.93. The molecule has 0 amide bonds. The predicted molar refractivity (Wildman–Crippen MR) is 80.7 cm³/mol. The van der Waals surface area contributed by atoms with Crippen molar-refractivity contribution < 1.29 is 9.53 Å². The zero-order valence-electron chi connectivity index (χ0n) is 12.6. The number of para-hydroxylation sites is 1. The number of rotatable bonds is 4. The maximum absolute atomic E-state index is 12.0. The number of esters is 1. The van der Waals surface area contributed by atoms with Crippen molar-refractivity contribution in [3.05, 3.63) is 30.3 Å². The highest BCUT2D eigenvalue weighted by molar-refractivity contribution is 5.73. The Morgan fingerprint density at radius 3 is 2.95 bits per heavy atom. The van der Waals surface area contributed by atoms with Crippen molar-refractivity contribution in [2.45, 2.75) is 19.8 Å². The molecular weight excluding hydrogens is 282 g/mol. The maximum atomic E-state index is 12.0. The van der Waals surface area contributed by atoms with Gasteiger partial charge >= 0.3 is 5.97 Å². The molecule has 1 fully saturated rings. The quantitative estimate of drug-likeness (QED) is 0.796. The third-order valence-corrected chi connectivity index (χ3v) is 3.78. The van der Waals surface area contributed by atoms with Crippen LogP contribution in [-0.2, 0) is 9.53 Å². The van der Waals surface area contributed by atoms with Crippen LogP contribution in [0.25, 0.3) is 5.69 Å². The van der Waals surface area contributed by atoms with Crippen LogP contribution in [0.5, 0.6) is 0 Å². The summed E-state index contributed by atoms with van der Waals surface area (Å²) in [6, 6.07) is 9.74. The first-order valence-corrected chi connectivity index (χ1v) is 7.55. The molecule has 2 heterocycles.